The van der Waals surface area contributed by atoms with Gasteiger partial charge in [-0.25, -0.2) is 4.79 Å². The van der Waals surface area contributed by atoms with Crippen molar-refractivity contribution >= 4 is 29.5 Å². The summed E-state index contributed by atoms with van der Waals surface area (Å²) in [5.74, 6) is -1.65. The van der Waals surface area contributed by atoms with Crippen LogP contribution in [0.1, 0.15) is 6.92 Å². The lowest BCUT2D eigenvalue weighted by Crippen LogP contribution is -2.69. The summed E-state index contributed by atoms with van der Waals surface area (Å²) < 4.78 is 4.98. The van der Waals surface area contributed by atoms with E-state index in [1.54, 1.807) is 16.7 Å². The fourth-order valence-electron chi connectivity index (χ4n) is 4.01. The summed E-state index contributed by atoms with van der Waals surface area (Å²) in [6.45, 7) is 4.22. The van der Waals surface area contributed by atoms with Crippen molar-refractivity contribution in [3.05, 3.63) is 30.3 Å². The molecule has 31 heavy (non-hydrogen) atoms. The number of para-hydroxylation sites is 1. The van der Waals surface area contributed by atoms with Gasteiger partial charge in [-0.3, -0.25) is 24.3 Å². The molecule has 11 heteroatoms. The molecule has 1 unspecified atom stereocenters. The number of anilines is 1. The predicted octanol–water partition coefficient (Wildman–Crippen LogP) is -0.734. The quantitative estimate of drug-likeness (QED) is 0.628. The van der Waals surface area contributed by atoms with Crippen LogP contribution in [0.4, 0.5) is 10.5 Å². The van der Waals surface area contributed by atoms with Crippen LogP contribution < -0.4 is 10.3 Å². The fraction of sp³-hybridized carbons (Fsp3) is 0.500. The van der Waals surface area contributed by atoms with Gasteiger partial charge in [-0.05, 0) is 19.1 Å². The van der Waals surface area contributed by atoms with Crippen molar-refractivity contribution in [3.8, 4) is 0 Å². The van der Waals surface area contributed by atoms with Crippen LogP contribution in [0.2, 0.25) is 0 Å². The summed E-state index contributed by atoms with van der Waals surface area (Å²) in [5.41, 5.74) is 3.96. The number of hydrogen-bond donors (Lipinski definition) is 1. The largest absolute Gasteiger partial charge is 0.450 e. The Morgan fingerprint density at radius 3 is 2.26 bits per heavy atom. The Morgan fingerprint density at radius 1 is 0.935 bits per heavy atom. The number of piperazine rings is 1. The van der Waals surface area contributed by atoms with E-state index in [0.717, 1.165) is 10.7 Å². The third kappa shape index (κ3) is 4.13. The normalized spacial score (nSPS) is 21.5. The molecule has 3 heterocycles. The molecule has 1 N–H and O–H groups in total. The van der Waals surface area contributed by atoms with Crippen LogP contribution in [-0.2, 0) is 19.1 Å². The number of rotatable bonds is 4. The first-order valence-electron chi connectivity index (χ1n) is 10.4. The van der Waals surface area contributed by atoms with Crippen LogP contribution >= 0.6 is 0 Å². The Balaban J connectivity index is 1.38. The summed E-state index contributed by atoms with van der Waals surface area (Å²) in [6.07, 6.45) is -0.920. The molecule has 1 atom stereocenters. The number of fused-ring (bicyclic) bond motifs is 1. The summed E-state index contributed by atoms with van der Waals surface area (Å²) in [4.78, 5) is 56.4. The van der Waals surface area contributed by atoms with Crippen LogP contribution in [0.15, 0.2) is 30.3 Å². The number of nitrogens with zero attached hydrogens (tertiary/aromatic N) is 5. The van der Waals surface area contributed by atoms with Gasteiger partial charge in [0.15, 0.2) is 6.29 Å². The van der Waals surface area contributed by atoms with E-state index in [4.69, 9.17) is 4.74 Å². The summed E-state index contributed by atoms with van der Waals surface area (Å²) in [7, 11) is 0. The number of carbonyl (C=O) groups is 4. The lowest BCUT2D eigenvalue weighted by atomic mass is 10.3. The Hall–Kier alpha value is -3.34. The number of nitrogens with one attached hydrogen (secondary N) is 1. The van der Waals surface area contributed by atoms with Crippen molar-refractivity contribution in [1.29, 1.82) is 0 Å². The molecule has 0 saturated carbocycles. The van der Waals surface area contributed by atoms with Crippen molar-refractivity contribution in [2.75, 3.05) is 57.3 Å². The van der Waals surface area contributed by atoms with Crippen molar-refractivity contribution < 1.29 is 23.9 Å². The first-order valence-corrected chi connectivity index (χ1v) is 10.4. The highest BCUT2D eigenvalue weighted by molar-refractivity contribution is 6.35. The molecule has 166 valence electrons. The topological polar surface area (TPSA) is 106 Å². The number of hydrazine groups is 1. The molecule has 3 aliphatic rings. The van der Waals surface area contributed by atoms with E-state index in [1.807, 2.05) is 35.2 Å². The highest BCUT2D eigenvalue weighted by Gasteiger charge is 2.46. The predicted molar refractivity (Wildman–Crippen MR) is 109 cm³/mol. The summed E-state index contributed by atoms with van der Waals surface area (Å²) >= 11 is 0. The highest BCUT2D eigenvalue weighted by Crippen LogP contribution is 2.24. The number of ether oxygens (including phenoxy) is 1. The van der Waals surface area contributed by atoms with E-state index in [1.165, 1.54) is 4.90 Å². The SMILES string of the molecule is CCOC(=O)N1CCN(C(=O)CN2NC3N(CCN3c3ccccc3)C(=O)C2=O)CC1. The van der Waals surface area contributed by atoms with E-state index < -0.39 is 24.2 Å². The van der Waals surface area contributed by atoms with Gasteiger partial charge in [-0.15, -0.1) is 0 Å². The maximum absolute atomic E-state index is 12.8. The van der Waals surface area contributed by atoms with E-state index in [2.05, 4.69) is 5.43 Å². The average Bonchev–Trinajstić information content (AvgIpc) is 3.22. The van der Waals surface area contributed by atoms with E-state index in [9.17, 15) is 19.2 Å². The Bertz CT molecular complexity index is 857. The van der Waals surface area contributed by atoms with Crippen molar-refractivity contribution in [3.63, 3.8) is 0 Å². The molecule has 3 aliphatic heterocycles. The number of carbonyl (C=O) groups excluding carboxylic acids is 4. The second-order valence-corrected chi connectivity index (χ2v) is 7.49. The van der Waals surface area contributed by atoms with Gasteiger partial charge in [-0.2, -0.15) is 5.43 Å². The van der Waals surface area contributed by atoms with Crippen LogP contribution in [0.25, 0.3) is 0 Å². The second-order valence-electron chi connectivity index (χ2n) is 7.49. The maximum Gasteiger partial charge on any atom is 0.409 e. The minimum atomic E-state index is -0.746. The third-order valence-corrected chi connectivity index (χ3v) is 5.67. The van der Waals surface area contributed by atoms with Gasteiger partial charge in [-0.1, -0.05) is 18.2 Å². The smallest absolute Gasteiger partial charge is 0.409 e. The van der Waals surface area contributed by atoms with E-state index >= 15 is 0 Å². The summed E-state index contributed by atoms with van der Waals surface area (Å²) in [5, 5.41) is 1.10. The van der Waals surface area contributed by atoms with E-state index in [0.29, 0.717) is 45.9 Å². The fourth-order valence-corrected chi connectivity index (χ4v) is 4.01. The van der Waals surface area contributed by atoms with Crippen LogP contribution in [0.3, 0.4) is 0 Å². The van der Waals surface area contributed by atoms with Crippen molar-refractivity contribution in [1.82, 2.24) is 25.1 Å². The number of amides is 4. The van der Waals surface area contributed by atoms with Crippen molar-refractivity contribution in [2.45, 2.75) is 13.2 Å². The Morgan fingerprint density at radius 2 is 1.58 bits per heavy atom. The molecule has 3 saturated heterocycles. The molecule has 0 spiro atoms. The molecule has 11 nitrogen and oxygen atoms in total. The van der Waals surface area contributed by atoms with Crippen molar-refractivity contribution in [2.24, 2.45) is 0 Å². The lowest BCUT2D eigenvalue weighted by molar-refractivity contribution is -0.164. The molecular weight excluding hydrogens is 404 g/mol. The van der Waals surface area contributed by atoms with Gasteiger partial charge in [0.1, 0.15) is 6.54 Å². The molecule has 0 radical (unpaired) electrons. The first kappa shape index (κ1) is 20.9. The zero-order valence-corrected chi connectivity index (χ0v) is 17.4. The molecule has 1 aromatic rings. The van der Waals surface area contributed by atoms with Crippen LogP contribution in [0.5, 0.6) is 0 Å². The number of benzene rings is 1. The minimum absolute atomic E-state index is 0.253. The third-order valence-electron chi connectivity index (χ3n) is 5.67. The Kier molecular flexibility index (Phi) is 5.94. The monoisotopic (exact) mass is 430 g/mol. The van der Waals surface area contributed by atoms with Gasteiger partial charge in [0, 0.05) is 45.0 Å². The first-order chi connectivity index (χ1) is 15.0. The van der Waals surface area contributed by atoms with Gasteiger partial charge in [0.05, 0.1) is 6.61 Å². The molecule has 0 bridgehead atoms. The highest BCUT2D eigenvalue weighted by atomic mass is 16.6. The van der Waals surface area contributed by atoms with Gasteiger partial charge < -0.3 is 19.4 Å². The van der Waals surface area contributed by atoms with E-state index in [-0.39, 0.29) is 12.5 Å². The minimum Gasteiger partial charge on any atom is -0.450 e. The van der Waals surface area contributed by atoms with Gasteiger partial charge in [0.2, 0.25) is 5.91 Å². The summed E-state index contributed by atoms with van der Waals surface area (Å²) in [6, 6.07) is 9.60. The average molecular weight is 430 g/mol. The molecule has 1 aromatic carbocycles. The second kappa shape index (κ2) is 8.80. The van der Waals surface area contributed by atoms with Gasteiger partial charge >= 0.3 is 17.9 Å². The standard InChI is InChI=1S/C20H26N6O5/c1-2-31-20(30)23-10-8-22(9-11-23)16(27)14-26-18(29)17(28)25-13-12-24(19(25)21-26)15-6-4-3-5-7-15/h3-7,19,21H,2,8-14H2,1H3. The Labute approximate surface area is 180 Å². The molecule has 4 amide bonds. The zero-order chi connectivity index (χ0) is 22.0. The maximum atomic E-state index is 12.8. The number of hydrogen-bond acceptors (Lipinski definition) is 7. The lowest BCUT2D eigenvalue weighted by Gasteiger charge is -2.41. The molecular formula is C20H26N6O5. The molecule has 0 aliphatic carbocycles. The zero-order valence-electron chi connectivity index (χ0n) is 17.4. The molecule has 4 rings (SSSR count). The molecule has 0 aromatic heterocycles. The van der Waals surface area contributed by atoms with Crippen LogP contribution in [0, 0.1) is 0 Å². The van der Waals surface area contributed by atoms with Crippen LogP contribution in [-0.4, -0.2) is 102 Å². The van der Waals surface area contributed by atoms with Gasteiger partial charge in [0.25, 0.3) is 0 Å². The molecule has 3 fully saturated rings.